The number of carbonyl (C=O) groups excluding carboxylic acids is 2. The van der Waals surface area contributed by atoms with Crippen LogP contribution in [-0.4, -0.2) is 22.7 Å². The third-order valence-corrected chi connectivity index (χ3v) is 3.96. The zero-order chi connectivity index (χ0) is 16.8. The number of aromatic hydroxyl groups is 1. The number of phenols is 1. The maximum atomic E-state index is 13.4. The summed E-state index contributed by atoms with van der Waals surface area (Å²) in [5, 5.41) is 15.2. The fourth-order valence-electron chi connectivity index (χ4n) is 2.75. The molecule has 0 aliphatic carbocycles. The fraction of sp³-hybridized carbons (Fsp3) is 0.118. The van der Waals surface area contributed by atoms with Crippen LogP contribution in [0.4, 0.5) is 10.1 Å². The van der Waals surface area contributed by atoms with E-state index >= 15 is 0 Å². The number of esters is 1. The van der Waals surface area contributed by atoms with Gasteiger partial charge < -0.3 is 9.84 Å². The first-order valence-electron chi connectivity index (χ1n) is 7.22. The molecule has 24 heavy (non-hydrogen) atoms. The lowest BCUT2D eigenvalue weighted by molar-refractivity contribution is -0.116. The standard InChI is InChI=1S/C17H11FN2O4/c18-10-2-4-15(21)13(5-10)14-7-16(22)20(19-14)11-3-1-9-8-24-17(23)12(9)6-11/h1-6,21H,7-8H2. The second-order valence-corrected chi connectivity index (χ2v) is 5.51. The van der Waals surface area contributed by atoms with E-state index in [4.69, 9.17) is 4.74 Å². The predicted molar refractivity (Wildman–Crippen MR) is 82.3 cm³/mol. The number of benzene rings is 2. The van der Waals surface area contributed by atoms with Gasteiger partial charge in [-0.15, -0.1) is 0 Å². The molecule has 2 aliphatic rings. The van der Waals surface area contributed by atoms with E-state index in [-0.39, 0.29) is 36.0 Å². The molecule has 0 atom stereocenters. The molecular formula is C17H11FN2O4. The number of nitrogens with zero attached hydrogens (tertiary/aromatic N) is 2. The van der Waals surface area contributed by atoms with Gasteiger partial charge in [0.05, 0.1) is 23.4 Å². The minimum absolute atomic E-state index is 0.0709. The van der Waals surface area contributed by atoms with Crippen molar-refractivity contribution >= 4 is 23.3 Å². The summed E-state index contributed by atoms with van der Waals surface area (Å²) >= 11 is 0. The number of hydrogen-bond acceptors (Lipinski definition) is 5. The van der Waals surface area contributed by atoms with Crippen LogP contribution >= 0.6 is 0 Å². The maximum absolute atomic E-state index is 13.4. The topological polar surface area (TPSA) is 79.2 Å². The second-order valence-electron chi connectivity index (χ2n) is 5.51. The Hall–Kier alpha value is -3.22. The number of hydrogen-bond donors (Lipinski definition) is 1. The van der Waals surface area contributed by atoms with Gasteiger partial charge >= 0.3 is 5.97 Å². The van der Waals surface area contributed by atoms with Crippen molar-refractivity contribution in [1.82, 2.24) is 0 Å². The lowest BCUT2D eigenvalue weighted by Crippen LogP contribution is -2.19. The summed E-state index contributed by atoms with van der Waals surface area (Å²) in [6.45, 7) is 0.216. The van der Waals surface area contributed by atoms with E-state index in [0.29, 0.717) is 11.3 Å². The number of amides is 1. The van der Waals surface area contributed by atoms with Crippen LogP contribution in [0, 0.1) is 5.82 Å². The molecule has 1 amide bonds. The number of cyclic esters (lactones) is 1. The normalized spacial score (nSPS) is 16.2. The van der Waals surface area contributed by atoms with Crippen LogP contribution in [0.3, 0.4) is 0 Å². The Balaban J connectivity index is 1.73. The Kier molecular flexibility index (Phi) is 3.09. The van der Waals surface area contributed by atoms with Crippen LogP contribution in [0.2, 0.25) is 0 Å². The summed E-state index contributed by atoms with van der Waals surface area (Å²) in [6.07, 6.45) is -0.0709. The average molecular weight is 326 g/mol. The zero-order valence-electron chi connectivity index (χ0n) is 12.3. The number of carbonyl (C=O) groups is 2. The minimum Gasteiger partial charge on any atom is -0.507 e. The van der Waals surface area contributed by atoms with Crippen molar-refractivity contribution in [3.63, 3.8) is 0 Å². The molecule has 0 bridgehead atoms. The lowest BCUT2D eigenvalue weighted by atomic mass is 10.1. The van der Waals surface area contributed by atoms with Gasteiger partial charge in [-0.25, -0.2) is 14.2 Å². The molecule has 0 saturated carbocycles. The van der Waals surface area contributed by atoms with Gasteiger partial charge in [-0.05, 0) is 30.3 Å². The second kappa shape index (κ2) is 5.16. The molecule has 2 aliphatic heterocycles. The lowest BCUT2D eigenvalue weighted by Gasteiger charge is -2.12. The van der Waals surface area contributed by atoms with E-state index in [1.54, 1.807) is 18.2 Å². The number of anilines is 1. The summed E-state index contributed by atoms with van der Waals surface area (Å²) in [7, 11) is 0. The number of hydrazone groups is 1. The first-order chi connectivity index (χ1) is 11.5. The van der Waals surface area contributed by atoms with Gasteiger partial charge in [-0.2, -0.15) is 5.10 Å². The van der Waals surface area contributed by atoms with Crippen molar-refractivity contribution in [2.75, 3.05) is 5.01 Å². The van der Waals surface area contributed by atoms with E-state index in [1.165, 1.54) is 6.07 Å². The van der Waals surface area contributed by atoms with Crippen molar-refractivity contribution in [3.8, 4) is 5.75 Å². The number of halogens is 1. The molecule has 1 N–H and O–H groups in total. The molecule has 6 nitrogen and oxygen atoms in total. The molecule has 2 aromatic rings. The van der Waals surface area contributed by atoms with E-state index < -0.39 is 11.8 Å². The van der Waals surface area contributed by atoms with Crippen LogP contribution in [0.25, 0.3) is 0 Å². The molecule has 0 fully saturated rings. The summed E-state index contributed by atoms with van der Waals surface area (Å²) in [4.78, 5) is 23.9. The van der Waals surface area contributed by atoms with Gasteiger partial charge in [0.15, 0.2) is 0 Å². The van der Waals surface area contributed by atoms with Gasteiger partial charge in [0, 0.05) is 11.1 Å². The molecule has 120 valence electrons. The average Bonchev–Trinajstić information content (AvgIpc) is 3.13. The maximum Gasteiger partial charge on any atom is 0.338 e. The summed E-state index contributed by atoms with van der Waals surface area (Å²) in [5.41, 5.74) is 2.01. The van der Waals surface area contributed by atoms with Gasteiger partial charge in [-0.3, -0.25) is 4.79 Å². The largest absolute Gasteiger partial charge is 0.507 e. The molecule has 4 rings (SSSR count). The Morgan fingerprint density at radius 3 is 2.79 bits per heavy atom. The van der Waals surface area contributed by atoms with Crippen LogP contribution in [0.15, 0.2) is 41.5 Å². The van der Waals surface area contributed by atoms with Crippen LogP contribution in [0.5, 0.6) is 5.75 Å². The quantitative estimate of drug-likeness (QED) is 0.859. The Morgan fingerprint density at radius 1 is 1.12 bits per heavy atom. The number of phenolic OH excluding ortho intramolecular Hbond substituents is 1. The van der Waals surface area contributed by atoms with E-state index in [1.807, 2.05) is 0 Å². The van der Waals surface area contributed by atoms with Gasteiger partial charge in [0.1, 0.15) is 18.2 Å². The highest BCUT2D eigenvalue weighted by Crippen LogP contribution is 2.30. The molecule has 7 heteroatoms. The van der Waals surface area contributed by atoms with Crippen molar-refractivity contribution in [2.45, 2.75) is 13.0 Å². The monoisotopic (exact) mass is 326 g/mol. The molecule has 0 aromatic heterocycles. The van der Waals surface area contributed by atoms with Crippen LogP contribution < -0.4 is 5.01 Å². The van der Waals surface area contributed by atoms with Gasteiger partial charge in [0.25, 0.3) is 5.91 Å². The minimum atomic E-state index is -0.531. The molecule has 2 heterocycles. The molecule has 0 saturated heterocycles. The highest BCUT2D eigenvalue weighted by atomic mass is 19.1. The molecule has 0 radical (unpaired) electrons. The number of fused-ring (bicyclic) bond motifs is 1. The van der Waals surface area contributed by atoms with E-state index in [2.05, 4.69) is 5.10 Å². The SMILES string of the molecule is O=C1OCc2ccc(N3N=C(c4cc(F)ccc4O)CC3=O)cc21. The fourth-order valence-corrected chi connectivity index (χ4v) is 2.75. The Labute approximate surface area is 135 Å². The molecular weight excluding hydrogens is 315 g/mol. The summed E-state index contributed by atoms with van der Waals surface area (Å²) in [5.74, 6) is -1.45. The van der Waals surface area contributed by atoms with E-state index in [0.717, 1.165) is 22.7 Å². The number of ether oxygens (including phenoxy) is 1. The Bertz CT molecular complexity index is 923. The van der Waals surface area contributed by atoms with Gasteiger partial charge in [0.2, 0.25) is 0 Å². The highest BCUT2D eigenvalue weighted by Gasteiger charge is 2.30. The highest BCUT2D eigenvalue weighted by molar-refractivity contribution is 6.20. The third-order valence-electron chi connectivity index (χ3n) is 3.96. The summed E-state index contributed by atoms with van der Waals surface area (Å²) in [6, 6.07) is 8.38. The molecule has 0 unspecified atom stereocenters. The van der Waals surface area contributed by atoms with Gasteiger partial charge in [-0.1, -0.05) is 6.07 Å². The van der Waals surface area contributed by atoms with Crippen LogP contribution in [0.1, 0.15) is 27.9 Å². The van der Waals surface area contributed by atoms with Crippen molar-refractivity contribution in [3.05, 3.63) is 58.9 Å². The van der Waals surface area contributed by atoms with Crippen molar-refractivity contribution in [1.29, 1.82) is 0 Å². The molecule has 2 aromatic carbocycles. The predicted octanol–water partition coefficient (Wildman–Crippen LogP) is 2.34. The van der Waals surface area contributed by atoms with Crippen LogP contribution in [-0.2, 0) is 16.1 Å². The zero-order valence-corrected chi connectivity index (χ0v) is 12.3. The summed E-state index contributed by atoms with van der Waals surface area (Å²) < 4.78 is 18.3. The smallest absolute Gasteiger partial charge is 0.338 e. The first kappa shape index (κ1) is 14.4. The third kappa shape index (κ3) is 2.21. The van der Waals surface area contributed by atoms with Crippen molar-refractivity contribution < 1.29 is 23.8 Å². The van der Waals surface area contributed by atoms with E-state index in [9.17, 15) is 19.1 Å². The first-order valence-corrected chi connectivity index (χ1v) is 7.22. The Morgan fingerprint density at radius 2 is 1.96 bits per heavy atom. The van der Waals surface area contributed by atoms with Crippen molar-refractivity contribution in [2.24, 2.45) is 5.10 Å². The number of rotatable bonds is 2. The molecule has 0 spiro atoms.